The topological polar surface area (TPSA) is 11.0 Å². The van der Waals surface area contributed by atoms with Crippen LogP contribution in [0, 0.1) is 6.92 Å². The number of aromatic nitrogens is 2. The van der Waals surface area contributed by atoms with E-state index in [1.165, 1.54) is 38.8 Å². The van der Waals surface area contributed by atoms with Crippen molar-refractivity contribution in [2.24, 2.45) is 0 Å². The molecule has 5 radical (unpaired) electrons. The van der Waals surface area contributed by atoms with Crippen molar-refractivity contribution in [1.82, 2.24) is 0 Å². The molecule has 6 heteroatoms. The Balaban J connectivity index is 0.00000252. The van der Waals surface area contributed by atoms with Gasteiger partial charge < -0.3 is 0 Å². The summed E-state index contributed by atoms with van der Waals surface area (Å²) in [6.07, 6.45) is 13.0. The van der Waals surface area contributed by atoms with Crippen molar-refractivity contribution >= 4 is 67.3 Å². The Morgan fingerprint density at radius 2 is 1.78 bits per heavy atom. The molecule has 6 heterocycles. The van der Waals surface area contributed by atoms with Crippen LogP contribution in [0.4, 0.5) is 11.5 Å². The predicted octanol–water partition coefficient (Wildman–Crippen LogP) is 5.06. The summed E-state index contributed by atoms with van der Waals surface area (Å²) in [5.41, 5.74) is 6.77. The molecule has 37 heavy (non-hydrogen) atoms. The summed E-state index contributed by atoms with van der Waals surface area (Å²) >= 11 is 0. The maximum Gasteiger partial charge on any atom is 0.283 e. The van der Waals surface area contributed by atoms with Crippen molar-refractivity contribution in [1.29, 1.82) is 0 Å². The number of fused-ring (bicyclic) bond motifs is 12. The number of aryl methyl sites for hydroxylation is 1. The van der Waals surface area contributed by atoms with Crippen LogP contribution in [0.3, 0.4) is 0 Å². The number of para-hydroxylation sites is 1. The number of anilines is 2. The van der Waals surface area contributed by atoms with E-state index in [0.717, 1.165) is 6.32 Å². The van der Waals surface area contributed by atoms with Crippen molar-refractivity contribution in [3.63, 3.8) is 0 Å². The van der Waals surface area contributed by atoms with Gasteiger partial charge in [0.1, 0.15) is 17.4 Å². The van der Waals surface area contributed by atoms with Crippen LogP contribution in [-0.2, 0) is 4.87 Å². The van der Waals surface area contributed by atoms with Crippen LogP contribution < -0.4 is 18.9 Å². The molecule has 4 aliphatic rings. The molecule has 0 bridgehead atoms. The molecule has 0 saturated carbocycles. The number of allylic oxidation sites excluding steroid dienone is 4. The number of rotatable bonds is 2. The minimum Gasteiger partial charge on any atom is -0.224 e. The van der Waals surface area contributed by atoms with E-state index in [0.29, 0.717) is 6.04 Å². The first-order valence-corrected chi connectivity index (χ1v) is 14.6. The normalized spacial score (nSPS) is 32.1. The Morgan fingerprint density at radius 1 is 1.00 bits per heavy atom. The van der Waals surface area contributed by atoms with Gasteiger partial charge in [0.2, 0.25) is 10.6 Å². The van der Waals surface area contributed by atoms with E-state index < -0.39 is 10.2 Å². The third kappa shape index (κ3) is 2.61. The fourth-order valence-electron chi connectivity index (χ4n) is 7.94. The molecule has 0 amide bonds. The Labute approximate surface area is 243 Å². The summed E-state index contributed by atoms with van der Waals surface area (Å²) in [5.74, 6) is 1.31. The number of pyridine rings is 2. The van der Waals surface area contributed by atoms with E-state index in [4.69, 9.17) is 0 Å². The number of nitrogens with zero attached hydrogens (tertiary/aromatic N) is 3. The maximum atomic E-state index is 2.70. The average molecular weight is 698 g/mol. The summed E-state index contributed by atoms with van der Waals surface area (Å²) in [5, 5.41) is 0. The quantitative estimate of drug-likeness (QED) is 0.158. The van der Waals surface area contributed by atoms with E-state index in [2.05, 4.69) is 147 Å². The fraction of sp³-hybridized carbons (Fsp3) is 0.290. The minimum atomic E-state index is -1.54. The molecule has 0 N–H and O–H groups in total. The molecule has 1 fully saturated rings. The van der Waals surface area contributed by atoms with E-state index >= 15 is 0 Å². The van der Waals surface area contributed by atoms with Crippen molar-refractivity contribution in [3.05, 3.63) is 107 Å². The Morgan fingerprint density at radius 3 is 2.57 bits per heavy atom. The SMILES string of the molecule is CC=CC12C3C[B]c4ccccc4N3c3cccc(C)[n+]3C1(C)S21C(/C=C\C)=C(C)c2cccc[n+]21.[Pb]. The monoisotopic (exact) mass is 698 g/mol. The first-order chi connectivity index (χ1) is 17.5. The molecule has 4 aliphatic heterocycles. The first kappa shape index (κ1) is 25.2. The van der Waals surface area contributed by atoms with E-state index in [1.807, 2.05) is 0 Å². The largest absolute Gasteiger partial charge is 0.283 e. The average Bonchev–Trinajstić information content (AvgIpc) is 3.28. The Kier molecular flexibility index (Phi) is 5.74. The second-order valence-electron chi connectivity index (χ2n) is 10.5. The molecule has 4 unspecified atom stereocenters. The molecule has 1 aromatic carbocycles. The van der Waals surface area contributed by atoms with Crippen LogP contribution in [0.25, 0.3) is 5.57 Å². The Hall–Kier alpha value is -2.12. The van der Waals surface area contributed by atoms with Gasteiger partial charge in [-0.1, -0.05) is 42.5 Å². The second kappa shape index (κ2) is 8.44. The van der Waals surface area contributed by atoms with Crippen LogP contribution in [0.15, 0.2) is 96.1 Å². The van der Waals surface area contributed by atoms with Gasteiger partial charge in [0.25, 0.3) is 5.82 Å². The number of benzene rings is 1. The van der Waals surface area contributed by atoms with Crippen molar-refractivity contribution in [2.45, 2.75) is 56.6 Å². The van der Waals surface area contributed by atoms with Gasteiger partial charge in [-0.15, -0.1) is 3.97 Å². The molecule has 1 saturated heterocycles. The van der Waals surface area contributed by atoms with Gasteiger partial charge in [0.15, 0.2) is 18.2 Å². The van der Waals surface area contributed by atoms with E-state index in [1.54, 1.807) is 0 Å². The van der Waals surface area contributed by atoms with E-state index in [9.17, 15) is 0 Å². The molecule has 1 spiro atoms. The molecule has 4 atom stereocenters. The van der Waals surface area contributed by atoms with Crippen molar-refractivity contribution < 1.29 is 8.54 Å². The van der Waals surface area contributed by atoms with Crippen LogP contribution in [-0.4, -0.2) is 45.4 Å². The van der Waals surface area contributed by atoms with Crippen LogP contribution in [0.2, 0.25) is 6.32 Å². The van der Waals surface area contributed by atoms with Gasteiger partial charge in [-0.05, 0) is 70.7 Å². The molecule has 7 rings (SSSR count). The standard InChI is InChI=1S/C31H33BN3S.Pb/c1-6-13-27-23(4)25-16-10-11-20-33(25)36(27)30(5)31(36,19-7-2)28-21-32-24-15-8-9-17-26(24)34(28)29-18-12-14-22(3)35(29)30;/h6-20,28H,21H2,1-5H3;/q+2;/b13-6-,19-7?;. The number of hydrogen-bond donors (Lipinski definition) is 0. The first-order valence-electron chi connectivity index (χ1n) is 13.1. The summed E-state index contributed by atoms with van der Waals surface area (Å²) < 4.78 is 5.34. The summed E-state index contributed by atoms with van der Waals surface area (Å²) in [7, 11) is 0.948. The Bertz CT molecular complexity index is 1550. The van der Waals surface area contributed by atoms with Crippen molar-refractivity contribution in [2.75, 3.05) is 4.90 Å². The molecular formula is C31H33BN3PbS+2. The van der Waals surface area contributed by atoms with Gasteiger partial charge >= 0.3 is 0 Å². The molecule has 183 valence electrons. The molecule has 0 aliphatic carbocycles. The zero-order chi connectivity index (χ0) is 24.9. The molecule has 2 aromatic heterocycles. The zero-order valence-electron chi connectivity index (χ0n) is 22.3. The minimum absolute atomic E-state index is 0. The maximum absolute atomic E-state index is 2.70. The molecular weight excluding hydrogens is 664 g/mol. The van der Waals surface area contributed by atoms with Gasteiger partial charge in [-0.25, -0.2) is 9.47 Å². The molecule has 3 aromatic rings. The van der Waals surface area contributed by atoms with Gasteiger partial charge in [-0.2, -0.15) is 0 Å². The summed E-state index contributed by atoms with van der Waals surface area (Å²) in [6.45, 7) is 11.6. The van der Waals surface area contributed by atoms with Gasteiger partial charge in [-0.3, -0.25) is 0 Å². The second-order valence-corrected chi connectivity index (χ2v) is 14.0. The smallest absolute Gasteiger partial charge is 0.224 e. The zero-order valence-corrected chi connectivity index (χ0v) is 27.0. The number of hydrogen-bond acceptors (Lipinski definition) is 1. The van der Waals surface area contributed by atoms with Crippen molar-refractivity contribution in [3.8, 4) is 0 Å². The van der Waals surface area contributed by atoms with Crippen LogP contribution >= 0.6 is 10.2 Å². The van der Waals surface area contributed by atoms with E-state index in [-0.39, 0.29) is 36.9 Å². The van der Waals surface area contributed by atoms with Gasteiger partial charge in [0.05, 0.1) is 15.1 Å². The fourth-order valence-corrected chi connectivity index (χ4v) is 14.4. The summed E-state index contributed by atoms with van der Waals surface area (Å²) in [4.78, 5) is 4.11. The third-order valence-corrected chi connectivity index (χ3v) is 14.3. The predicted molar refractivity (Wildman–Crippen MR) is 158 cm³/mol. The van der Waals surface area contributed by atoms with Crippen LogP contribution in [0.1, 0.15) is 39.1 Å². The van der Waals surface area contributed by atoms with Crippen LogP contribution in [0.5, 0.6) is 0 Å². The molecule has 3 nitrogen and oxygen atoms in total. The van der Waals surface area contributed by atoms with Gasteiger partial charge in [0, 0.05) is 51.1 Å². The summed E-state index contributed by atoms with van der Waals surface area (Å²) in [6, 6.07) is 22.9. The third-order valence-electron chi connectivity index (χ3n) is 9.07.